The van der Waals surface area contributed by atoms with Gasteiger partial charge in [0.05, 0.1) is 22.8 Å². The van der Waals surface area contributed by atoms with Crippen molar-refractivity contribution < 1.29 is 14.1 Å². The van der Waals surface area contributed by atoms with Crippen LogP contribution in [0.3, 0.4) is 0 Å². The molecule has 0 bridgehead atoms. The lowest BCUT2D eigenvalue weighted by atomic mass is 10.1. The Hall–Kier alpha value is -3.75. The number of nitrogens with one attached hydrogen (secondary N) is 1. The molecule has 3 aromatic rings. The molecule has 3 N–H and O–H groups in total. The number of benzene rings is 2. The van der Waals surface area contributed by atoms with Crippen molar-refractivity contribution in [3.8, 4) is 5.69 Å². The van der Waals surface area contributed by atoms with Gasteiger partial charge in [-0.3, -0.25) is 14.9 Å². The first kappa shape index (κ1) is 19.0. The van der Waals surface area contributed by atoms with E-state index in [1.54, 1.807) is 29.9 Å². The van der Waals surface area contributed by atoms with Crippen LogP contribution < -0.4 is 11.1 Å². The minimum Gasteiger partial charge on any atom is -0.393 e. The van der Waals surface area contributed by atoms with Crippen molar-refractivity contribution in [3.05, 3.63) is 81.4 Å². The molecule has 0 fully saturated rings. The van der Waals surface area contributed by atoms with Crippen LogP contribution in [0.15, 0.2) is 48.7 Å². The second-order valence-electron chi connectivity index (χ2n) is 6.30. The number of nitrogens with zero attached hydrogens (tertiary/aromatic N) is 3. The zero-order chi connectivity index (χ0) is 20.4. The van der Waals surface area contributed by atoms with E-state index >= 15 is 0 Å². The van der Waals surface area contributed by atoms with Crippen molar-refractivity contribution in [2.45, 2.75) is 19.9 Å². The third kappa shape index (κ3) is 3.68. The Kier molecular flexibility index (Phi) is 5.08. The second kappa shape index (κ2) is 7.47. The molecule has 1 heterocycles. The highest BCUT2D eigenvalue weighted by Gasteiger charge is 2.20. The summed E-state index contributed by atoms with van der Waals surface area (Å²) in [5.41, 5.74) is 7.61. The molecule has 9 heteroatoms. The number of carbonyl (C=O) groups is 1. The fourth-order valence-corrected chi connectivity index (χ4v) is 2.89. The van der Waals surface area contributed by atoms with Crippen LogP contribution >= 0.6 is 0 Å². The molecule has 0 spiro atoms. The zero-order valence-corrected chi connectivity index (χ0v) is 15.2. The van der Waals surface area contributed by atoms with Crippen molar-refractivity contribution in [1.29, 1.82) is 0 Å². The Morgan fingerprint density at radius 1 is 1.29 bits per heavy atom. The van der Waals surface area contributed by atoms with Gasteiger partial charge in [-0.05, 0) is 50.2 Å². The summed E-state index contributed by atoms with van der Waals surface area (Å²) < 4.78 is 14.8. The molecule has 2 aromatic carbocycles. The van der Waals surface area contributed by atoms with Gasteiger partial charge in [0.1, 0.15) is 11.5 Å². The summed E-state index contributed by atoms with van der Waals surface area (Å²) in [7, 11) is 0. The number of halogens is 1. The summed E-state index contributed by atoms with van der Waals surface area (Å²) in [6.45, 7) is 3.62. The van der Waals surface area contributed by atoms with Crippen LogP contribution in [0.1, 0.15) is 34.6 Å². The van der Waals surface area contributed by atoms with Gasteiger partial charge >= 0.3 is 0 Å². The van der Waals surface area contributed by atoms with E-state index in [1.165, 1.54) is 24.3 Å². The average Bonchev–Trinajstić information content (AvgIpc) is 3.04. The van der Waals surface area contributed by atoms with Gasteiger partial charge in [0.2, 0.25) is 0 Å². The van der Waals surface area contributed by atoms with Crippen LogP contribution in [0, 0.1) is 22.9 Å². The molecule has 0 aliphatic rings. The molecule has 1 atom stereocenters. The Balaban J connectivity index is 1.81. The Labute approximate surface area is 159 Å². The SMILES string of the molecule is Cc1c([C@H](C)NC(=O)c2ccc(N)c([N+](=O)[O-])c2)cnn1-c1ccc(F)cc1. The van der Waals surface area contributed by atoms with E-state index in [9.17, 15) is 19.3 Å². The van der Waals surface area contributed by atoms with Crippen molar-refractivity contribution >= 4 is 17.3 Å². The third-order valence-electron chi connectivity index (χ3n) is 4.42. The molecule has 1 aromatic heterocycles. The van der Waals surface area contributed by atoms with E-state index < -0.39 is 16.9 Å². The first-order valence-electron chi connectivity index (χ1n) is 8.43. The maximum absolute atomic E-state index is 13.1. The van der Waals surface area contributed by atoms with Gasteiger partial charge in [-0.2, -0.15) is 5.10 Å². The summed E-state index contributed by atoms with van der Waals surface area (Å²) >= 11 is 0. The monoisotopic (exact) mass is 383 g/mol. The summed E-state index contributed by atoms with van der Waals surface area (Å²) in [6, 6.07) is 9.40. The van der Waals surface area contributed by atoms with Crippen LogP contribution in [0.4, 0.5) is 15.8 Å². The normalized spacial score (nSPS) is 11.8. The fraction of sp³-hybridized carbons (Fsp3) is 0.158. The third-order valence-corrected chi connectivity index (χ3v) is 4.42. The van der Waals surface area contributed by atoms with E-state index in [2.05, 4.69) is 10.4 Å². The summed E-state index contributed by atoms with van der Waals surface area (Å²) in [5, 5.41) is 18.1. The number of amides is 1. The number of nitrogens with two attached hydrogens (primary N) is 1. The number of anilines is 1. The van der Waals surface area contributed by atoms with Crippen molar-refractivity contribution in [2.75, 3.05) is 5.73 Å². The van der Waals surface area contributed by atoms with Crippen molar-refractivity contribution in [2.24, 2.45) is 0 Å². The standard InChI is InChI=1S/C19H18FN5O3/c1-11(23-19(26)13-3-8-17(21)18(9-13)25(27)28)16-10-22-24(12(16)2)15-6-4-14(20)5-7-15/h3-11H,21H2,1-2H3,(H,23,26)/t11-/m0/s1. The summed E-state index contributed by atoms with van der Waals surface area (Å²) in [4.78, 5) is 22.9. The lowest BCUT2D eigenvalue weighted by Crippen LogP contribution is -2.27. The van der Waals surface area contributed by atoms with Gasteiger partial charge < -0.3 is 11.1 Å². The highest BCUT2D eigenvalue weighted by Crippen LogP contribution is 2.24. The second-order valence-corrected chi connectivity index (χ2v) is 6.30. The van der Waals surface area contributed by atoms with E-state index in [1.807, 2.05) is 6.92 Å². The highest BCUT2D eigenvalue weighted by molar-refractivity contribution is 5.95. The van der Waals surface area contributed by atoms with Gasteiger partial charge in [0.25, 0.3) is 11.6 Å². The van der Waals surface area contributed by atoms with E-state index in [-0.39, 0.29) is 22.8 Å². The maximum atomic E-state index is 13.1. The van der Waals surface area contributed by atoms with Gasteiger partial charge in [0.15, 0.2) is 0 Å². The summed E-state index contributed by atoms with van der Waals surface area (Å²) in [6.07, 6.45) is 1.62. The number of nitrogen functional groups attached to an aromatic ring is 1. The van der Waals surface area contributed by atoms with Gasteiger partial charge in [-0.1, -0.05) is 0 Å². The molecule has 3 rings (SSSR count). The predicted octanol–water partition coefficient (Wildman–Crippen LogP) is 3.30. The average molecular weight is 383 g/mol. The smallest absolute Gasteiger partial charge is 0.292 e. The molecule has 0 radical (unpaired) electrons. The van der Waals surface area contributed by atoms with E-state index in [0.717, 1.165) is 17.3 Å². The van der Waals surface area contributed by atoms with Crippen LogP contribution in [0.25, 0.3) is 5.69 Å². The number of carbonyl (C=O) groups excluding carboxylic acids is 1. The number of hydrogen-bond donors (Lipinski definition) is 2. The lowest BCUT2D eigenvalue weighted by Gasteiger charge is -2.14. The Bertz CT molecular complexity index is 1050. The van der Waals surface area contributed by atoms with E-state index in [4.69, 9.17) is 5.73 Å². The first-order valence-corrected chi connectivity index (χ1v) is 8.43. The number of aromatic nitrogens is 2. The molecular formula is C19H18FN5O3. The minimum atomic E-state index is -0.633. The number of nitro groups is 1. The first-order chi connectivity index (χ1) is 13.3. The zero-order valence-electron chi connectivity index (χ0n) is 15.2. The van der Waals surface area contributed by atoms with Crippen LogP contribution in [-0.4, -0.2) is 20.6 Å². The van der Waals surface area contributed by atoms with Gasteiger partial charge in [-0.15, -0.1) is 0 Å². The molecule has 0 aliphatic heterocycles. The largest absolute Gasteiger partial charge is 0.393 e. The van der Waals surface area contributed by atoms with Crippen LogP contribution in [0.2, 0.25) is 0 Å². The topological polar surface area (TPSA) is 116 Å². The minimum absolute atomic E-state index is 0.00832. The molecule has 1 amide bonds. The maximum Gasteiger partial charge on any atom is 0.292 e. The lowest BCUT2D eigenvalue weighted by molar-refractivity contribution is -0.383. The number of nitro benzene ring substituents is 1. The quantitative estimate of drug-likeness (QED) is 0.398. The van der Waals surface area contributed by atoms with Gasteiger partial charge in [0, 0.05) is 22.9 Å². The molecule has 0 unspecified atom stereocenters. The summed E-state index contributed by atoms with van der Waals surface area (Å²) in [5.74, 6) is -0.809. The molecule has 28 heavy (non-hydrogen) atoms. The Morgan fingerprint density at radius 3 is 2.61 bits per heavy atom. The van der Waals surface area contributed by atoms with Crippen molar-refractivity contribution in [1.82, 2.24) is 15.1 Å². The fourth-order valence-electron chi connectivity index (χ4n) is 2.89. The van der Waals surface area contributed by atoms with Gasteiger partial charge in [-0.25, -0.2) is 9.07 Å². The van der Waals surface area contributed by atoms with Crippen LogP contribution in [0.5, 0.6) is 0 Å². The Morgan fingerprint density at radius 2 is 1.96 bits per heavy atom. The molecule has 144 valence electrons. The molecule has 0 saturated heterocycles. The number of hydrogen-bond acceptors (Lipinski definition) is 5. The molecule has 0 aliphatic carbocycles. The molecular weight excluding hydrogens is 365 g/mol. The molecule has 0 saturated carbocycles. The highest BCUT2D eigenvalue weighted by atomic mass is 19.1. The molecule has 8 nitrogen and oxygen atoms in total. The predicted molar refractivity (Wildman–Crippen MR) is 102 cm³/mol. The van der Waals surface area contributed by atoms with Crippen LogP contribution in [-0.2, 0) is 0 Å². The van der Waals surface area contributed by atoms with Crippen molar-refractivity contribution in [3.63, 3.8) is 0 Å². The van der Waals surface area contributed by atoms with E-state index in [0.29, 0.717) is 5.69 Å². The number of rotatable bonds is 5.